The Balaban J connectivity index is 2.86. The molecule has 0 saturated carbocycles. The van der Waals surface area contributed by atoms with E-state index in [4.69, 9.17) is 5.26 Å². The molecule has 0 aliphatic rings. The molecule has 1 aromatic carbocycles. The Labute approximate surface area is 119 Å². The van der Waals surface area contributed by atoms with Crippen LogP contribution in [0.25, 0.3) is 0 Å². The van der Waals surface area contributed by atoms with Gasteiger partial charge in [-0.25, -0.2) is 8.78 Å². The number of benzene rings is 1. The Bertz CT molecular complexity index is 545. The number of carbonyl (C=O) groups is 1. The smallest absolute Gasteiger partial charge is 0.185 e. The van der Waals surface area contributed by atoms with Crippen LogP contribution in [0, 0.1) is 23.0 Å². The minimum Gasteiger partial charge on any atom is -0.390 e. The lowest BCUT2D eigenvalue weighted by Crippen LogP contribution is -2.20. The molecule has 2 atom stereocenters. The standard InChI is InChI=1S/C13H13F2NO3S/c1-7(17)20-3-2-12(18)13(19)9-5-11(15)10(14)4-8(9)6-16/h4-5,12-13,18-19H,2-3H2,1H3. The molecule has 0 fully saturated rings. The van der Waals surface area contributed by atoms with E-state index >= 15 is 0 Å². The zero-order valence-corrected chi connectivity index (χ0v) is 11.5. The van der Waals surface area contributed by atoms with Crippen LogP contribution >= 0.6 is 11.8 Å². The Hall–Kier alpha value is -1.49. The van der Waals surface area contributed by atoms with E-state index in [2.05, 4.69) is 0 Å². The van der Waals surface area contributed by atoms with Gasteiger partial charge < -0.3 is 10.2 Å². The molecule has 0 aromatic heterocycles. The first-order valence-electron chi connectivity index (χ1n) is 5.75. The molecule has 0 aliphatic heterocycles. The molecule has 2 N–H and O–H groups in total. The third-order valence-electron chi connectivity index (χ3n) is 2.61. The number of aliphatic hydroxyl groups excluding tert-OH is 2. The first-order chi connectivity index (χ1) is 9.36. The minimum atomic E-state index is -1.52. The van der Waals surface area contributed by atoms with Crippen molar-refractivity contribution in [2.75, 3.05) is 5.75 Å². The SMILES string of the molecule is CC(=O)SCCC(O)C(O)c1cc(F)c(F)cc1C#N. The number of hydrogen-bond acceptors (Lipinski definition) is 5. The van der Waals surface area contributed by atoms with Gasteiger partial charge in [0.15, 0.2) is 16.7 Å². The van der Waals surface area contributed by atoms with Crippen LogP contribution in [-0.4, -0.2) is 27.2 Å². The molecule has 1 aromatic rings. The molecule has 0 amide bonds. The first kappa shape index (κ1) is 16.6. The minimum absolute atomic E-state index is 0.0786. The van der Waals surface area contributed by atoms with Crippen LogP contribution in [0.4, 0.5) is 8.78 Å². The van der Waals surface area contributed by atoms with Gasteiger partial charge in [-0.05, 0) is 18.6 Å². The molecule has 1 rings (SSSR count). The highest BCUT2D eigenvalue weighted by Gasteiger charge is 2.23. The Kier molecular flexibility index (Phi) is 6.07. The number of halogens is 2. The highest BCUT2D eigenvalue weighted by atomic mass is 32.2. The molecule has 108 valence electrons. The van der Waals surface area contributed by atoms with Crippen LogP contribution < -0.4 is 0 Å². The van der Waals surface area contributed by atoms with E-state index in [1.54, 1.807) is 6.07 Å². The summed E-state index contributed by atoms with van der Waals surface area (Å²) in [5.41, 5.74) is -0.415. The summed E-state index contributed by atoms with van der Waals surface area (Å²) in [7, 11) is 0. The number of nitriles is 1. The number of carbonyl (C=O) groups excluding carboxylic acids is 1. The summed E-state index contributed by atoms with van der Waals surface area (Å²) in [4.78, 5) is 10.7. The highest BCUT2D eigenvalue weighted by Crippen LogP contribution is 2.25. The van der Waals surface area contributed by atoms with Gasteiger partial charge in [0.25, 0.3) is 0 Å². The molecule has 0 heterocycles. The lowest BCUT2D eigenvalue weighted by atomic mass is 9.97. The fraction of sp³-hybridized carbons (Fsp3) is 0.385. The van der Waals surface area contributed by atoms with Gasteiger partial charge in [-0.15, -0.1) is 0 Å². The van der Waals surface area contributed by atoms with Crippen molar-refractivity contribution in [2.45, 2.75) is 25.6 Å². The van der Waals surface area contributed by atoms with E-state index in [0.29, 0.717) is 12.1 Å². The second kappa shape index (κ2) is 7.33. The molecule has 0 aliphatic carbocycles. The molecular formula is C13H13F2NO3S. The van der Waals surface area contributed by atoms with Gasteiger partial charge in [0.05, 0.1) is 17.7 Å². The van der Waals surface area contributed by atoms with Crippen LogP contribution in [-0.2, 0) is 4.79 Å². The van der Waals surface area contributed by atoms with Gasteiger partial charge in [0.2, 0.25) is 0 Å². The molecule has 0 saturated heterocycles. The maximum atomic E-state index is 13.2. The normalized spacial score (nSPS) is 13.6. The van der Waals surface area contributed by atoms with Crippen molar-refractivity contribution in [1.82, 2.24) is 0 Å². The lowest BCUT2D eigenvalue weighted by Gasteiger charge is -2.19. The van der Waals surface area contributed by atoms with Crippen molar-refractivity contribution < 1.29 is 23.8 Å². The van der Waals surface area contributed by atoms with Crippen molar-refractivity contribution >= 4 is 16.9 Å². The van der Waals surface area contributed by atoms with E-state index in [0.717, 1.165) is 11.8 Å². The summed E-state index contributed by atoms with van der Waals surface area (Å²) in [5, 5.41) is 28.4. The van der Waals surface area contributed by atoms with Crippen molar-refractivity contribution in [2.24, 2.45) is 0 Å². The van der Waals surface area contributed by atoms with Crippen LogP contribution in [0.5, 0.6) is 0 Å². The average molecular weight is 301 g/mol. The molecule has 4 nitrogen and oxygen atoms in total. The first-order valence-corrected chi connectivity index (χ1v) is 6.74. The largest absolute Gasteiger partial charge is 0.390 e. The van der Waals surface area contributed by atoms with Gasteiger partial charge in [-0.1, -0.05) is 11.8 Å². The predicted molar refractivity (Wildman–Crippen MR) is 69.8 cm³/mol. The Morgan fingerprint density at radius 2 is 2.00 bits per heavy atom. The van der Waals surface area contributed by atoms with Crippen LogP contribution in [0.3, 0.4) is 0 Å². The van der Waals surface area contributed by atoms with E-state index < -0.39 is 23.8 Å². The zero-order chi connectivity index (χ0) is 15.3. The van der Waals surface area contributed by atoms with E-state index in [-0.39, 0.29) is 28.4 Å². The van der Waals surface area contributed by atoms with Crippen molar-refractivity contribution in [3.05, 3.63) is 34.9 Å². The van der Waals surface area contributed by atoms with Gasteiger partial charge in [0, 0.05) is 18.2 Å². The molecular weight excluding hydrogens is 288 g/mol. The molecule has 0 radical (unpaired) electrons. The quantitative estimate of drug-likeness (QED) is 0.868. The van der Waals surface area contributed by atoms with Crippen molar-refractivity contribution in [3.63, 3.8) is 0 Å². The molecule has 20 heavy (non-hydrogen) atoms. The van der Waals surface area contributed by atoms with Gasteiger partial charge >= 0.3 is 0 Å². The number of rotatable bonds is 5. The topological polar surface area (TPSA) is 81.3 Å². The fourth-order valence-corrected chi connectivity index (χ4v) is 2.24. The highest BCUT2D eigenvalue weighted by molar-refractivity contribution is 8.13. The summed E-state index contributed by atoms with van der Waals surface area (Å²) in [6.45, 7) is 1.37. The third kappa shape index (κ3) is 4.27. The van der Waals surface area contributed by atoms with Crippen LogP contribution in [0.2, 0.25) is 0 Å². The maximum absolute atomic E-state index is 13.2. The average Bonchev–Trinajstić information content (AvgIpc) is 2.39. The molecule has 2 unspecified atom stereocenters. The number of hydrogen-bond donors (Lipinski definition) is 2. The van der Waals surface area contributed by atoms with Crippen molar-refractivity contribution in [1.29, 1.82) is 5.26 Å². The zero-order valence-electron chi connectivity index (χ0n) is 10.6. The fourth-order valence-electron chi connectivity index (χ4n) is 1.59. The van der Waals surface area contributed by atoms with E-state index in [9.17, 15) is 23.8 Å². The second-order valence-corrected chi connectivity index (χ2v) is 5.38. The summed E-state index contributed by atoms with van der Waals surface area (Å²) in [6, 6.07) is 3.00. The predicted octanol–water partition coefficient (Wildman–Crippen LogP) is 1.90. The molecule has 0 bridgehead atoms. The molecule has 0 spiro atoms. The number of thioether (sulfide) groups is 1. The number of nitrogens with zero attached hydrogens (tertiary/aromatic N) is 1. The van der Waals surface area contributed by atoms with Gasteiger partial charge in [0.1, 0.15) is 6.10 Å². The Morgan fingerprint density at radius 1 is 1.40 bits per heavy atom. The second-order valence-electron chi connectivity index (χ2n) is 4.11. The van der Waals surface area contributed by atoms with Gasteiger partial charge in [-0.2, -0.15) is 5.26 Å². The lowest BCUT2D eigenvalue weighted by molar-refractivity contribution is -0.109. The summed E-state index contributed by atoms with van der Waals surface area (Å²) >= 11 is 0.979. The van der Waals surface area contributed by atoms with Crippen LogP contribution in [0.1, 0.15) is 30.6 Å². The third-order valence-corrected chi connectivity index (χ3v) is 3.46. The number of aliphatic hydroxyl groups is 2. The maximum Gasteiger partial charge on any atom is 0.185 e. The summed E-state index contributed by atoms with van der Waals surface area (Å²) in [6.07, 6.45) is -2.72. The van der Waals surface area contributed by atoms with Crippen molar-refractivity contribution in [3.8, 4) is 6.07 Å². The Morgan fingerprint density at radius 3 is 2.55 bits per heavy atom. The van der Waals surface area contributed by atoms with Crippen LogP contribution in [0.15, 0.2) is 12.1 Å². The monoisotopic (exact) mass is 301 g/mol. The van der Waals surface area contributed by atoms with E-state index in [1.165, 1.54) is 6.92 Å². The molecule has 7 heteroatoms. The van der Waals surface area contributed by atoms with Gasteiger partial charge in [-0.3, -0.25) is 4.79 Å². The summed E-state index contributed by atoms with van der Waals surface area (Å²) in [5.74, 6) is -2.12. The van der Waals surface area contributed by atoms with E-state index in [1.807, 2.05) is 0 Å². The summed E-state index contributed by atoms with van der Waals surface area (Å²) < 4.78 is 26.1.